The van der Waals surface area contributed by atoms with Crippen molar-refractivity contribution < 1.29 is 23.9 Å². The van der Waals surface area contributed by atoms with Crippen LogP contribution in [-0.2, 0) is 20.9 Å². The van der Waals surface area contributed by atoms with E-state index in [-0.39, 0.29) is 25.0 Å². The molecule has 146 valence electrons. The highest BCUT2D eigenvalue weighted by Gasteiger charge is 2.21. The van der Waals surface area contributed by atoms with Gasteiger partial charge in [0.15, 0.2) is 0 Å². The van der Waals surface area contributed by atoms with Crippen molar-refractivity contribution in [2.75, 3.05) is 25.1 Å². The van der Waals surface area contributed by atoms with Crippen LogP contribution < -0.4 is 15.0 Å². The molecule has 1 saturated heterocycles. The van der Waals surface area contributed by atoms with Gasteiger partial charge in [-0.1, -0.05) is 18.2 Å². The third kappa shape index (κ3) is 4.68. The molecule has 0 aliphatic carbocycles. The molecule has 2 amide bonds. The predicted octanol–water partition coefficient (Wildman–Crippen LogP) is 2.30. The molecule has 0 bridgehead atoms. The fraction of sp³-hybridized carbons (Fsp3) is 0.286. The van der Waals surface area contributed by atoms with Crippen molar-refractivity contribution in [3.8, 4) is 5.75 Å². The first-order valence-corrected chi connectivity index (χ1v) is 9.04. The van der Waals surface area contributed by atoms with Gasteiger partial charge in [0, 0.05) is 29.8 Å². The number of hydrogen-bond acceptors (Lipinski definition) is 5. The standard InChI is InChI=1S/C21H22N2O5/c1-27-18-6-3-2-5-16(18)14-28-20(25)13-22-21(26)15-8-10-17(11-9-15)23-12-4-7-19(23)24/h2-3,5-6,8-11H,4,7,12-14H2,1H3,(H,22,26). The molecule has 0 atom stereocenters. The summed E-state index contributed by atoms with van der Waals surface area (Å²) in [7, 11) is 1.55. The van der Waals surface area contributed by atoms with E-state index in [1.165, 1.54) is 0 Å². The van der Waals surface area contributed by atoms with Crippen molar-refractivity contribution in [1.82, 2.24) is 5.32 Å². The minimum atomic E-state index is -0.543. The van der Waals surface area contributed by atoms with Crippen molar-refractivity contribution in [1.29, 1.82) is 0 Å². The van der Waals surface area contributed by atoms with Gasteiger partial charge in [0.1, 0.15) is 18.9 Å². The number of amides is 2. The number of hydrogen-bond donors (Lipinski definition) is 1. The van der Waals surface area contributed by atoms with Gasteiger partial charge in [-0.2, -0.15) is 0 Å². The number of para-hydroxylation sites is 1. The normalized spacial score (nSPS) is 13.3. The van der Waals surface area contributed by atoms with Crippen LogP contribution in [0.1, 0.15) is 28.8 Å². The zero-order valence-electron chi connectivity index (χ0n) is 15.6. The Morgan fingerprint density at radius 2 is 1.86 bits per heavy atom. The highest BCUT2D eigenvalue weighted by atomic mass is 16.5. The van der Waals surface area contributed by atoms with Gasteiger partial charge in [0.25, 0.3) is 5.91 Å². The Labute approximate surface area is 163 Å². The van der Waals surface area contributed by atoms with E-state index < -0.39 is 5.97 Å². The number of anilines is 1. The molecule has 1 aliphatic rings. The van der Waals surface area contributed by atoms with Crippen LogP contribution in [-0.4, -0.2) is 38.0 Å². The lowest BCUT2D eigenvalue weighted by Crippen LogP contribution is -2.30. The first-order chi connectivity index (χ1) is 13.6. The number of rotatable bonds is 7. The summed E-state index contributed by atoms with van der Waals surface area (Å²) in [5.41, 5.74) is 1.93. The molecule has 28 heavy (non-hydrogen) atoms. The quantitative estimate of drug-likeness (QED) is 0.743. The van der Waals surface area contributed by atoms with Gasteiger partial charge >= 0.3 is 5.97 Å². The van der Waals surface area contributed by atoms with Gasteiger partial charge in [-0.15, -0.1) is 0 Å². The number of carbonyl (C=O) groups is 3. The molecule has 2 aromatic rings. The molecule has 7 heteroatoms. The molecule has 0 aromatic heterocycles. The number of ether oxygens (including phenoxy) is 2. The van der Waals surface area contributed by atoms with Crippen LogP contribution in [0.2, 0.25) is 0 Å². The average Bonchev–Trinajstić information content (AvgIpc) is 3.16. The maximum Gasteiger partial charge on any atom is 0.325 e. The molecule has 2 aromatic carbocycles. The Bertz CT molecular complexity index is 863. The molecule has 0 spiro atoms. The minimum absolute atomic E-state index is 0.0667. The Balaban J connectivity index is 1.48. The smallest absolute Gasteiger partial charge is 0.325 e. The summed E-state index contributed by atoms with van der Waals surface area (Å²) in [6.07, 6.45) is 1.40. The number of benzene rings is 2. The van der Waals surface area contributed by atoms with Crippen molar-refractivity contribution >= 4 is 23.5 Å². The van der Waals surface area contributed by atoms with E-state index in [0.29, 0.717) is 24.3 Å². The summed E-state index contributed by atoms with van der Waals surface area (Å²) >= 11 is 0. The second kappa shape index (κ2) is 9.03. The van der Waals surface area contributed by atoms with E-state index in [9.17, 15) is 14.4 Å². The van der Waals surface area contributed by atoms with Gasteiger partial charge in [-0.25, -0.2) is 0 Å². The zero-order valence-corrected chi connectivity index (χ0v) is 15.6. The average molecular weight is 382 g/mol. The first kappa shape index (κ1) is 19.4. The van der Waals surface area contributed by atoms with Crippen LogP contribution in [0.5, 0.6) is 5.75 Å². The number of esters is 1. The maximum absolute atomic E-state index is 12.2. The van der Waals surface area contributed by atoms with Crippen LogP contribution in [0.3, 0.4) is 0 Å². The van der Waals surface area contributed by atoms with E-state index >= 15 is 0 Å². The lowest BCUT2D eigenvalue weighted by atomic mass is 10.2. The lowest BCUT2D eigenvalue weighted by molar-refractivity contribution is -0.143. The van der Waals surface area contributed by atoms with Gasteiger partial charge in [-0.05, 0) is 36.8 Å². The number of nitrogens with zero attached hydrogens (tertiary/aromatic N) is 1. The second-order valence-electron chi connectivity index (χ2n) is 6.35. The molecule has 1 N–H and O–H groups in total. The first-order valence-electron chi connectivity index (χ1n) is 9.04. The topological polar surface area (TPSA) is 84.9 Å². The Hall–Kier alpha value is -3.35. The molecule has 1 heterocycles. The molecular weight excluding hydrogens is 360 g/mol. The second-order valence-corrected chi connectivity index (χ2v) is 6.35. The molecule has 0 saturated carbocycles. The maximum atomic E-state index is 12.2. The number of methoxy groups -OCH3 is 1. The molecule has 3 rings (SSSR count). The summed E-state index contributed by atoms with van der Waals surface area (Å²) in [6, 6.07) is 14.0. The number of nitrogens with one attached hydrogen (secondary N) is 1. The monoisotopic (exact) mass is 382 g/mol. The lowest BCUT2D eigenvalue weighted by Gasteiger charge is -2.15. The van der Waals surface area contributed by atoms with Gasteiger partial charge in [0.2, 0.25) is 5.91 Å². The largest absolute Gasteiger partial charge is 0.496 e. The van der Waals surface area contributed by atoms with Crippen LogP contribution in [0, 0.1) is 0 Å². The van der Waals surface area contributed by atoms with Gasteiger partial charge in [0.05, 0.1) is 7.11 Å². The van der Waals surface area contributed by atoms with E-state index in [0.717, 1.165) is 17.7 Å². The van der Waals surface area contributed by atoms with Crippen molar-refractivity contribution in [3.05, 3.63) is 59.7 Å². The summed E-state index contributed by atoms with van der Waals surface area (Å²) in [5.74, 6) is -0.196. The summed E-state index contributed by atoms with van der Waals surface area (Å²) < 4.78 is 10.4. The number of carbonyl (C=O) groups excluding carboxylic acids is 3. The zero-order chi connectivity index (χ0) is 19.9. The Morgan fingerprint density at radius 1 is 1.11 bits per heavy atom. The van der Waals surface area contributed by atoms with Crippen LogP contribution >= 0.6 is 0 Å². The van der Waals surface area contributed by atoms with Gasteiger partial charge in [-0.3, -0.25) is 14.4 Å². The molecule has 1 aliphatic heterocycles. The van der Waals surface area contributed by atoms with Crippen molar-refractivity contribution in [2.24, 2.45) is 0 Å². The Kier molecular flexibility index (Phi) is 6.26. The van der Waals surface area contributed by atoms with E-state index in [2.05, 4.69) is 5.32 Å². The predicted molar refractivity (Wildman–Crippen MR) is 103 cm³/mol. The van der Waals surface area contributed by atoms with E-state index in [4.69, 9.17) is 9.47 Å². The van der Waals surface area contributed by atoms with Gasteiger partial charge < -0.3 is 19.7 Å². The Morgan fingerprint density at radius 3 is 2.54 bits per heavy atom. The highest BCUT2D eigenvalue weighted by Crippen LogP contribution is 2.21. The fourth-order valence-electron chi connectivity index (χ4n) is 3.00. The molecule has 7 nitrogen and oxygen atoms in total. The van der Waals surface area contributed by atoms with Crippen molar-refractivity contribution in [2.45, 2.75) is 19.4 Å². The minimum Gasteiger partial charge on any atom is -0.496 e. The van der Waals surface area contributed by atoms with Crippen LogP contribution in [0.15, 0.2) is 48.5 Å². The van der Waals surface area contributed by atoms with E-state index in [1.807, 2.05) is 12.1 Å². The van der Waals surface area contributed by atoms with E-state index in [1.54, 1.807) is 48.4 Å². The molecule has 0 radical (unpaired) electrons. The highest BCUT2D eigenvalue weighted by molar-refractivity contribution is 5.98. The molecular formula is C21H22N2O5. The van der Waals surface area contributed by atoms with Crippen LogP contribution in [0.25, 0.3) is 0 Å². The van der Waals surface area contributed by atoms with Crippen LogP contribution in [0.4, 0.5) is 5.69 Å². The molecule has 0 unspecified atom stereocenters. The SMILES string of the molecule is COc1ccccc1COC(=O)CNC(=O)c1ccc(N2CCCC2=O)cc1. The third-order valence-corrected chi connectivity index (χ3v) is 4.49. The summed E-state index contributed by atoms with van der Waals surface area (Å²) in [4.78, 5) is 37.6. The van der Waals surface area contributed by atoms with Crippen molar-refractivity contribution in [3.63, 3.8) is 0 Å². The molecule has 1 fully saturated rings. The third-order valence-electron chi connectivity index (χ3n) is 4.49. The summed E-state index contributed by atoms with van der Waals surface area (Å²) in [6.45, 7) is 0.528. The summed E-state index contributed by atoms with van der Waals surface area (Å²) in [5, 5.41) is 2.54. The fourth-order valence-corrected chi connectivity index (χ4v) is 3.00.